The average Bonchev–Trinajstić information content (AvgIpc) is 2.75. The summed E-state index contributed by atoms with van der Waals surface area (Å²) >= 11 is 6.61. The summed E-state index contributed by atoms with van der Waals surface area (Å²) in [5.74, 6) is -0.190. The van der Waals surface area contributed by atoms with Crippen LogP contribution < -0.4 is 4.74 Å². The lowest BCUT2D eigenvalue weighted by atomic mass is 9.74. The van der Waals surface area contributed by atoms with E-state index in [4.69, 9.17) is 26.2 Å². The molecule has 0 aliphatic carbocycles. The number of carboxylic acid groups (broad SMARTS) is 1. The van der Waals surface area contributed by atoms with E-state index >= 15 is 0 Å². The summed E-state index contributed by atoms with van der Waals surface area (Å²) in [6, 6.07) is 12.3. The van der Waals surface area contributed by atoms with Crippen molar-refractivity contribution in [2.24, 2.45) is 5.92 Å². The highest BCUT2D eigenvalue weighted by Crippen LogP contribution is 2.50. The number of benzene rings is 2. The predicted octanol–water partition coefficient (Wildman–Crippen LogP) is 6.64. The molecule has 4 atom stereocenters. The fourth-order valence-electron chi connectivity index (χ4n) is 4.64. The molecule has 1 fully saturated rings. The van der Waals surface area contributed by atoms with Crippen LogP contribution >= 0.6 is 11.6 Å². The normalized spacial score (nSPS) is 23.4. The van der Waals surface area contributed by atoms with Gasteiger partial charge in [0.15, 0.2) is 6.61 Å². The van der Waals surface area contributed by atoms with Gasteiger partial charge in [-0.05, 0) is 56.4 Å². The molecule has 0 spiro atoms. The molecule has 0 amide bonds. The van der Waals surface area contributed by atoms with Gasteiger partial charge in [0.1, 0.15) is 5.75 Å². The summed E-state index contributed by atoms with van der Waals surface area (Å²) in [5, 5.41) is 9.81. The first-order chi connectivity index (χ1) is 14.7. The molecule has 2 aromatic carbocycles. The van der Waals surface area contributed by atoms with Gasteiger partial charge in [-0.15, -0.1) is 0 Å². The van der Waals surface area contributed by atoms with Crippen molar-refractivity contribution >= 4 is 17.6 Å². The van der Waals surface area contributed by atoms with Gasteiger partial charge in [0.25, 0.3) is 0 Å². The molecule has 0 bridgehead atoms. The number of hydrogen-bond donors (Lipinski definition) is 1. The molecule has 2 aromatic rings. The Hall–Kier alpha value is -2.30. The number of aryl methyl sites for hydroxylation is 1. The minimum atomic E-state index is -1.02. The third-order valence-electron chi connectivity index (χ3n) is 6.23. The maximum atomic E-state index is 11.2. The molecule has 1 aliphatic rings. The van der Waals surface area contributed by atoms with E-state index in [1.165, 1.54) is 5.56 Å². The second kappa shape index (κ2) is 9.88. The first-order valence-corrected chi connectivity index (χ1v) is 11.1. The standard InChI is InChI=1S/C26H31ClO4/c1-6-21-20(18-10-8-7-9-11-18)13-19(15(2)3)26(31-21)24-17(5)25(27)16(4)12-22(24)30-14-23(28)29/h7-12,19-21,26H,2,6,13-14H2,1,3-5H3,(H,28,29)/t19-,20-,21+,26+/m1/s1. The van der Waals surface area contributed by atoms with E-state index in [1.54, 1.807) is 0 Å². The first-order valence-electron chi connectivity index (χ1n) is 10.7. The van der Waals surface area contributed by atoms with Crippen LogP contribution in [-0.4, -0.2) is 23.8 Å². The number of carbonyl (C=O) groups is 1. The molecular formula is C26H31ClO4. The van der Waals surface area contributed by atoms with Gasteiger partial charge in [-0.2, -0.15) is 0 Å². The molecule has 166 valence electrons. The Labute approximate surface area is 189 Å². The molecule has 0 aromatic heterocycles. The van der Waals surface area contributed by atoms with Crippen LogP contribution in [0.1, 0.15) is 61.0 Å². The topological polar surface area (TPSA) is 55.8 Å². The number of halogens is 1. The Balaban J connectivity index is 2.07. The third-order valence-corrected chi connectivity index (χ3v) is 6.82. The highest BCUT2D eigenvalue weighted by Gasteiger charge is 2.41. The Bertz CT molecular complexity index is 954. The number of rotatable bonds is 7. The van der Waals surface area contributed by atoms with Crippen molar-refractivity contribution in [3.8, 4) is 5.75 Å². The highest BCUT2D eigenvalue weighted by atomic mass is 35.5. The minimum Gasteiger partial charge on any atom is -0.482 e. The molecule has 0 saturated carbocycles. The van der Waals surface area contributed by atoms with E-state index in [1.807, 2.05) is 32.9 Å². The molecule has 4 nitrogen and oxygen atoms in total. The molecule has 31 heavy (non-hydrogen) atoms. The van der Waals surface area contributed by atoms with Crippen LogP contribution in [0.4, 0.5) is 0 Å². The second-order valence-electron chi connectivity index (χ2n) is 8.44. The zero-order valence-electron chi connectivity index (χ0n) is 18.7. The molecular weight excluding hydrogens is 412 g/mol. The van der Waals surface area contributed by atoms with E-state index in [9.17, 15) is 4.79 Å². The maximum Gasteiger partial charge on any atom is 0.341 e. The Morgan fingerprint density at radius 3 is 2.55 bits per heavy atom. The zero-order valence-corrected chi connectivity index (χ0v) is 19.4. The van der Waals surface area contributed by atoms with Crippen molar-refractivity contribution in [3.05, 3.63) is 75.8 Å². The fraction of sp³-hybridized carbons (Fsp3) is 0.423. The summed E-state index contributed by atoms with van der Waals surface area (Å²) in [6.45, 7) is 11.8. The monoisotopic (exact) mass is 442 g/mol. The van der Waals surface area contributed by atoms with Gasteiger partial charge in [-0.3, -0.25) is 0 Å². The lowest BCUT2D eigenvalue weighted by Gasteiger charge is -2.43. The van der Waals surface area contributed by atoms with E-state index < -0.39 is 12.6 Å². The number of ether oxygens (including phenoxy) is 2. The van der Waals surface area contributed by atoms with Crippen molar-refractivity contribution in [1.82, 2.24) is 0 Å². The van der Waals surface area contributed by atoms with Crippen molar-refractivity contribution < 1.29 is 19.4 Å². The molecule has 3 rings (SSSR count). The zero-order chi connectivity index (χ0) is 22.7. The molecule has 1 heterocycles. The highest BCUT2D eigenvalue weighted by molar-refractivity contribution is 6.32. The average molecular weight is 443 g/mol. The van der Waals surface area contributed by atoms with Crippen LogP contribution in [0.15, 0.2) is 48.6 Å². The van der Waals surface area contributed by atoms with Gasteiger partial charge < -0.3 is 14.6 Å². The summed E-state index contributed by atoms with van der Waals surface area (Å²) in [6.07, 6.45) is 1.48. The van der Waals surface area contributed by atoms with Crippen molar-refractivity contribution in [1.29, 1.82) is 0 Å². The van der Waals surface area contributed by atoms with E-state index in [-0.39, 0.29) is 24.0 Å². The van der Waals surface area contributed by atoms with Gasteiger partial charge in [-0.25, -0.2) is 4.79 Å². The van der Waals surface area contributed by atoms with Crippen LogP contribution in [0.25, 0.3) is 0 Å². The van der Waals surface area contributed by atoms with Crippen LogP contribution in [-0.2, 0) is 9.53 Å². The predicted molar refractivity (Wildman–Crippen MR) is 124 cm³/mol. The summed E-state index contributed by atoms with van der Waals surface area (Å²) in [4.78, 5) is 11.2. The Morgan fingerprint density at radius 1 is 1.29 bits per heavy atom. The van der Waals surface area contributed by atoms with E-state index in [0.29, 0.717) is 10.8 Å². The molecule has 1 N–H and O–H groups in total. The van der Waals surface area contributed by atoms with Crippen LogP contribution in [0.2, 0.25) is 5.02 Å². The van der Waals surface area contributed by atoms with E-state index in [2.05, 4.69) is 37.8 Å². The molecule has 0 radical (unpaired) electrons. The van der Waals surface area contributed by atoms with Crippen molar-refractivity contribution in [2.45, 2.75) is 58.7 Å². The maximum absolute atomic E-state index is 11.2. The molecule has 1 aliphatic heterocycles. The number of carboxylic acids is 1. The third kappa shape index (κ3) is 4.97. The van der Waals surface area contributed by atoms with Gasteiger partial charge in [0.2, 0.25) is 0 Å². The van der Waals surface area contributed by atoms with E-state index in [0.717, 1.165) is 35.1 Å². The summed E-state index contributed by atoms with van der Waals surface area (Å²) in [7, 11) is 0. The van der Waals surface area contributed by atoms with Crippen molar-refractivity contribution in [3.63, 3.8) is 0 Å². The second-order valence-corrected chi connectivity index (χ2v) is 8.81. The molecule has 5 heteroatoms. The Kier molecular flexibility index (Phi) is 7.45. The first kappa shape index (κ1) is 23.4. The minimum absolute atomic E-state index is 0.0230. The van der Waals surface area contributed by atoms with Crippen LogP contribution in [0.3, 0.4) is 0 Å². The van der Waals surface area contributed by atoms with Crippen LogP contribution in [0.5, 0.6) is 5.75 Å². The quantitative estimate of drug-likeness (QED) is 0.488. The van der Waals surface area contributed by atoms with Gasteiger partial charge >= 0.3 is 5.97 Å². The summed E-state index contributed by atoms with van der Waals surface area (Å²) < 4.78 is 12.4. The lowest BCUT2D eigenvalue weighted by Crippen LogP contribution is -2.36. The van der Waals surface area contributed by atoms with Crippen LogP contribution in [0, 0.1) is 19.8 Å². The largest absolute Gasteiger partial charge is 0.482 e. The number of aliphatic carboxylic acids is 1. The van der Waals surface area contributed by atoms with Gasteiger partial charge in [-0.1, -0.05) is 61.0 Å². The SMILES string of the molecule is C=C(C)[C@H]1C[C@H](c2ccccc2)[C@H](CC)O[C@@H]1c1c(OCC(=O)O)cc(C)c(Cl)c1C. The lowest BCUT2D eigenvalue weighted by molar-refractivity contribution is -0.139. The Morgan fingerprint density at radius 2 is 1.97 bits per heavy atom. The fourth-order valence-corrected chi connectivity index (χ4v) is 4.79. The van der Waals surface area contributed by atoms with Crippen molar-refractivity contribution in [2.75, 3.05) is 6.61 Å². The molecule has 1 saturated heterocycles. The summed E-state index contributed by atoms with van der Waals surface area (Å²) in [5.41, 5.74) is 4.84. The number of hydrogen-bond acceptors (Lipinski definition) is 3. The molecule has 0 unspecified atom stereocenters. The smallest absolute Gasteiger partial charge is 0.341 e. The van der Waals surface area contributed by atoms with Gasteiger partial charge in [0.05, 0.1) is 12.2 Å². The van der Waals surface area contributed by atoms with Gasteiger partial charge in [0, 0.05) is 22.4 Å².